The highest BCUT2D eigenvalue weighted by atomic mass is 16.8. The number of aliphatic hydroxyl groups excluding tert-OH is 3. The van der Waals surface area contributed by atoms with Crippen LogP contribution in [0.3, 0.4) is 0 Å². The molecule has 30 heavy (non-hydrogen) atoms. The molecule has 0 saturated carbocycles. The summed E-state index contributed by atoms with van der Waals surface area (Å²) < 4.78 is 21.8. The van der Waals surface area contributed by atoms with Gasteiger partial charge in [0.05, 0.1) is 19.8 Å². The molecule has 2 heterocycles. The highest BCUT2D eigenvalue weighted by Gasteiger charge is 2.50. The van der Waals surface area contributed by atoms with Crippen LogP contribution in [0.25, 0.3) is 0 Å². The summed E-state index contributed by atoms with van der Waals surface area (Å²) in [4.78, 5) is 25.2. The molecule has 174 valence electrons. The molecule has 2 aliphatic rings. The molecule has 0 radical (unpaired) electrons. The van der Waals surface area contributed by atoms with E-state index in [0.717, 1.165) is 25.7 Å². The van der Waals surface area contributed by atoms with E-state index >= 15 is 0 Å². The smallest absolute Gasteiger partial charge is 0.252 e. The third kappa shape index (κ3) is 6.33. The number of ether oxygens (including phenoxy) is 4. The van der Waals surface area contributed by atoms with Crippen LogP contribution in [0.15, 0.2) is 0 Å². The van der Waals surface area contributed by atoms with Crippen molar-refractivity contribution in [2.24, 2.45) is 0 Å². The van der Waals surface area contributed by atoms with Gasteiger partial charge in [-0.05, 0) is 6.42 Å². The molecule has 0 unspecified atom stereocenters. The van der Waals surface area contributed by atoms with Gasteiger partial charge in [-0.2, -0.15) is 0 Å². The molecule has 2 rings (SSSR count). The second kappa shape index (κ2) is 12.5. The quantitative estimate of drug-likeness (QED) is 0.228. The van der Waals surface area contributed by atoms with Gasteiger partial charge < -0.3 is 44.9 Å². The molecule has 0 aliphatic carbocycles. The summed E-state index contributed by atoms with van der Waals surface area (Å²) in [5, 5.41) is 33.5. The van der Waals surface area contributed by atoms with E-state index < -0.39 is 55.7 Å². The molecule has 11 nitrogen and oxygen atoms in total. The highest BCUT2D eigenvalue weighted by molar-refractivity contribution is 5.84. The monoisotopic (exact) mass is 434 g/mol. The van der Waals surface area contributed by atoms with Gasteiger partial charge >= 0.3 is 0 Å². The topological polar surface area (TPSA) is 156 Å². The number of carbonyl (C=O) groups excluding carboxylic acids is 2. The number of unbranched alkanes of at least 4 members (excludes halogenated alkanes) is 4. The minimum Gasteiger partial charge on any atom is -0.394 e. The van der Waals surface area contributed by atoms with Crippen LogP contribution in [0.1, 0.15) is 39.0 Å². The van der Waals surface area contributed by atoms with Gasteiger partial charge in [-0.15, -0.1) is 0 Å². The van der Waals surface area contributed by atoms with Crippen LogP contribution in [0.2, 0.25) is 0 Å². The lowest BCUT2D eigenvalue weighted by molar-refractivity contribution is -0.311. The molecule has 0 spiro atoms. The molecular weight excluding hydrogens is 400 g/mol. The van der Waals surface area contributed by atoms with Crippen molar-refractivity contribution in [3.8, 4) is 0 Å². The molecule has 5 N–H and O–H groups in total. The SMILES string of the molecule is CCCCCCCNC(=O)[C@H]1OCO[C@H]2[C@@H]1OCO[C@H]2C(=O)NC(CO)(CO)CO. The Bertz CT molecular complexity index is 536. The number of amides is 2. The van der Waals surface area contributed by atoms with Gasteiger partial charge in [0, 0.05) is 6.54 Å². The Labute approximate surface area is 176 Å². The first-order valence-electron chi connectivity index (χ1n) is 10.4. The van der Waals surface area contributed by atoms with Crippen molar-refractivity contribution in [1.82, 2.24) is 10.6 Å². The third-order valence-electron chi connectivity index (χ3n) is 5.33. The van der Waals surface area contributed by atoms with Gasteiger partial charge in [0.1, 0.15) is 31.3 Å². The molecule has 11 heteroatoms. The Morgan fingerprint density at radius 2 is 1.37 bits per heavy atom. The van der Waals surface area contributed by atoms with Crippen molar-refractivity contribution in [2.75, 3.05) is 40.0 Å². The largest absolute Gasteiger partial charge is 0.394 e. The number of rotatable bonds is 12. The number of carbonyl (C=O) groups is 2. The average molecular weight is 434 g/mol. The molecule has 0 aromatic heterocycles. The maximum absolute atomic E-state index is 12.7. The molecule has 4 atom stereocenters. The molecule has 0 aromatic carbocycles. The Kier molecular flexibility index (Phi) is 10.4. The van der Waals surface area contributed by atoms with Crippen LogP contribution >= 0.6 is 0 Å². The Morgan fingerprint density at radius 1 is 0.833 bits per heavy atom. The highest BCUT2D eigenvalue weighted by Crippen LogP contribution is 2.26. The summed E-state index contributed by atoms with van der Waals surface area (Å²) in [5.74, 6) is -1.05. The van der Waals surface area contributed by atoms with Crippen molar-refractivity contribution in [3.63, 3.8) is 0 Å². The second-order valence-electron chi connectivity index (χ2n) is 7.62. The Balaban J connectivity index is 1.94. The molecule has 0 aromatic rings. The summed E-state index contributed by atoms with van der Waals surface area (Å²) in [6, 6.07) is 0. The summed E-state index contributed by atoms with van der Waals surface area (Å²) in [5.41, 5.74) is -1.60. The third-order valence-corrected chi connectivity index (χ3v) is 5.33. The van der Waals surface area contributed by atoms with Crippen molar-refractivity contribution in [1.29, 1.82) is 0 Å². The van der Waals surface area contributed by atoms with E-state index in [4.69, 9.17) is 18.9 Å². The predicted octanol–water partition coefficient (Wildman–Crippen LogP) is -1.61. The number of aliphatic hydroxyl groups is 3. The first-order valence-corrected chi connectivity index (χ1v) is 10.4. The van der Waals surface area contributed by atoms with E-state index in [2.05, 4.69) is 17.6 Å². The lowest BCUT2D eigenvalue weighted by atomic mass is 9.97. The van der Waals surface area contributed by atoms with E-state index in [1.54, 1.807) is 0 Å². The van der Waals surface area contributed by atoms with E-state index in [9.17, 15) is 24.9 Å². The number of fused-ring (bicyclic) bond motifs is 1. The fourth-order valence-electron chi connectivity index (χ4n) is 3.37. The Hall–Kier alpha value is -1.34. The minimum absolute atomic E-state index is 0.225. The first kappa shape index (κ1) is 24.9. The van der Waals surface area contributed by atoms with Gasteiger partial charge in [0.25, 0.3) is 11.8 Å². The van der Waals surface area contributed by atoms with Crippen LogP contribution < -0.4 is 10.6 Å². The minimum atomic E-state index is -1.60. The molecule has 2 fully saturated rings. The van der Waals surface area contributed by atoms with Crippen LogP contribution in [-0.4, -0.2) is 97.0 Å². The molecule has 0 bridgehead atoms. The molecular formula is C19H34N2O9. The standard InChI is InChI=1S/C19H34N2O9/c1-2-3-4-5-6-7-20-17(25)15-13-14(28-11-29-15)16(30-12-27-13)18(26)21-19(8-22,9-23)10-24/h13-16,22-24H,2-12H2,1H3,(H,20,25)(H,21,26)/t13-,14-,15-,16+/m0/s1. The van der Waals surface area contributed by atoms with Gasteiger partial charge in [0.15, 0.2) is 12.2 Å². The zero-order valence-electron chi connectivity index (χ0n) is 17.4. The van der Waals surface area contributed by atoms with Gasteiger partial charge in [-0.3, -0.25) is 9.59 Å². The zero-order chi connectivity index (χ0) is 22.0. The van der Waals surface area contributed by atoms with Crippen molar-refractivity contribution < 1.29 is 43.9 Å². The van der Waals surface area contributed by atoms with E-state index in [1.807, 2.05) is 0 Å². The van der Waals surface area contributed by atoms with E-state index in [0.29, 0.717) is 6.54 Å². The molecule has 2 aliphatic heterocycles. The fraction of sp³-hybridized carbons (Fsp3) is 0.895. The predicted molar refractivity (Wildman–Crippen MR) is 103 cm³/mol. The number of hydrogen-bond acceptors (Lipinski definition) is 9. The number of nitrogens with one attached hydrogen (secondary N) is 2. The van der Waals surface area contributed by atoms with Crippen LogP contribution in [0.4, 0.5) is 0 Å². The van der Waals surface area contributed by atoms with Crippen molar-refractivity contribution in [3.05, 3.63) is 0 Å². The van der Waals surface area contributed by atoms with Crippen LogP contribution in [-0.2, 0) is 28.5 Å². The number of hydrogen-bond donors (Lipinski definition) is 5. The van der Waals surface area contributed by atoms with Crippen LogP contribution in [0, 0.1) is 0 Å². The van der Waals surface area contributed by atoms with E-state index in [-0.39, 0.29) is 19.5 Å². The second-order valence-corrected chi connectivity index (χ2v) is 7.62. The average Bonchev–Trinajstić information content (AvgIpc) is 2.78. The van der Waals surface area contributed by atoms with Gasteiger partial charge in [0.2, 0.25) is 0 Å². The first-order chi connectivity index (χ1) is 14.5. The lowest BCUT2D eigenvalue weighted by Crippen LogP contribution is -2.66. The molecule has 2 saturated heterocycles. The Morgan fingerprint density at radius 3 is 1.90 bits per heavy atom. The molecule has 2 amide bonds. The summed E-state index contributed by atoms with van der Waals surface area (Å²) in [6.07, 6.45) is 1.42. The summed E-state index contributed by atoms with van der Waals surface area (Å²) in [6.45, 7) is 0.157. The summed E-state index contributed by atoms with van der Waals surface area (Å²) in [7, 11) is 0. The maximum Gasteiger partial charge on any atom is 0.252 e. The van der Waals surface area contributed by atoms with Crippen LogP contribution in [0.5, 0.6) is 0 Å². The van der Waals surface area contributed by atoms with Crippen molar-refractivity contribution in [2.45, 2.75) is 69.0 Å². The fourth-order valence-corrected chi connectivity index (χ4v) is 3.37. The zero-order valence-corrected chi connectivity index (χ0v) is 17.4. The lowest BCUT2D eigenvalue weighted by Gasteiger charge is -2.43. The van der Waals surface area contributed by atoms with E-state index in [1.165, 1.54) is 6.42 Å². The summed E-state index contributed by atoms with van der Waals surface area (Å²) >= 11 is 0. The van der Waals surface area contributed by atoms with Crippen molar-refractivity contribution >= 4 is 11.8 Å². The van der Waals surface area contributed by atoms with Gasteiger partial charge in [-0.25, -0.2) is 0 Å². The normalized spacial score (nSPS) is 26.7. The maximum atomic E-state index is 12.7. The van der Waals surface area contributed by atoms with Gasteiger partial charge in [-0.1, -0.05) is 32.6 Å².